The molecule has 0 spiro atoms. The summed E-state index contributed by atoms with van der Waals surface area (Å²) in [5.41, 5.74) is -0.431. The van der Waals surface area contributed by atoms with Crippen LogP contribution in [0.5, 0.6) is 0 Å². The Morgan fingerprint density at radius 3 is 2.47 bits per heavy atom. The number of aliphatic hydroxyl groups excluding tert-OH is 1. The van der Waals surface area contributed by atoms with Gasteiger partial charge in [0.2, 0.25) is 0 Å². The number of rotatable bonds is 2. The highest BCUT2D eigenvalue weighted by molar-refractivity contribution is 5.90. The quantitative estimate of drug-likeness (QED) is 0.367. The molecule has 0 aromatic carbocycles. The first-order chi connectivity index (χ1) is 7.01. The number of carboxylic acids is 1. The summed E-state index contributed by atoms with van der Waals surface area (Å²) >= 11 is 0. The Morgan fingerprint density at radius 2 is 2.33 bits per heavy atom. The van der Waals surface area contributed by atoms with E-state index in [4.69, 9.17) is 15.5 Å². The molecular formula is C8H9NO6. The van der Waals surface area contributed by atoms with Gasteiger partial charge >= 0.3 is 12.1 Å². The van der Waals surface area contributed by atoms with Crippen LogP contribution < -0.4 is 0 Å². The monoisotopic (exact) mass is 215 g/mol. The Kier molecular flexibility index (Phi) is 5.51. The minimum atomic E-state index is -1.26. The standard InChI is InChI=1S/C4H3NO2.C4H6O4/c1-3(2-5)4(6)7;5-1-3-2-7-4(6)8-3/h1H2,(H,6,7);3,5H,1-2H2. The molecule has 1 atom stereocenters. The smallest absolute Gasteiger partial charge is 0.477 e. The van der Waals surface area contributed by atoms with Gasteiger partial charge in [0, 0.05) is 0 Å². The zero-order valence-corrected chi connectivity index (χ0v) is 7.67. The van der Waals surface area contributed by atoms with Gasteiger partial charge in [-0.3, -0.25) is 0 Å². The number of carboxylic acid groups (broad SMARTS) is 1. The van der Waals surface area contributed by atoms with Crippen molar-refractivity contribution in [2.24, 2.45) is 0 Å². The maximum absolute atomic E-state index is 10.1. The van der Waals surface area contributed by atoms with Crippen molar-refractivity contribution in [2.75, 3.05) is 13.2 Å². The van der Waals surface area contributed by atoms with Crippen LogP contribution in [-0.2, 0) is 14.3 Å². The van der Waals surface area contributed by atoms with E-state index in [-0.39, 0.29) is 13.2 Å². The van der Waals surface area contributed by atoms with Crippen LogP contribution in [0.3, 0.4) is 0 Å². The first kappa shape index (κ1) is 12.9. The minimum absolute atomic E-state index is 0.161. The zero-order chi connectivity index (χ0) is 11.8. The van der Waals surface area contributed by atoms with Crippen LogP contribution in [0.4, 0.5) is 4.79 Å². The topological polar surface area (TPSA) is 117 Å². The molecule has 1 aliphatic rings. The summed E-state index contributed by atoms with van der Waals surface area (Å²) < 4.78 is 8.73. The molecule has 1 heterocycles. The maximum atomic E-state index is 10.1. The number of nitrogens with zero attached hydrogens (tertiary/aromatic N) is 1. The molecule has 0 saturated carbocycles. The number of cyclic esters (lactones) is 2. The maximum Gasteiger partial charge on any atom is 0.508 e. The Morgan fingerprint density at radius 1 is 1.73 bits per heavy atom. The van der Waals surface area contributed by atoms with Gasteiger partial charge in [0.05, 0.1) is 6.61 Å². The fourth-order valence-corrected chi connectivity index (χ4v) is 0.503. The molecule has 15 heavy (non-hydrogen) atoms. The number of hydrogen-bond acceptors (Lipinski definition) is 6. The van der Waals surface area contributed by atoms with Crippen LogP contribution in [0.1, 0.15) is 0 Å². The van der Waals surface area contributed by atoms with E-state index in [2.05, 4.69) is 16.1 Å². The average molecular weight is 215 g/mol. The minimum Gasteiger partial charge on any atom is -0.477 e. The Balaban J connectivity index is 0.000000265. The van der Waals surface area contributed by atoms with E-state index >= 15 is 0 Å². The molecule has 0 bridgehead atoms. The van der Waals surface area contributed by atoms with E-state index < -0.39 is 23.8 Å². The molecule has 82 valence electrons. The summed E-state index contributed by atoms with van der Waals surface area (Å²) in [6.07, 6.45) is -1.13. The molecule has 1 aliphatic heterocycles. The molecule has 0 aliphatic carbocycles. The lowest BCUT2D eigenvalue weighted by Crippen LogP contribution is -2.14. The molecule has 1 saturated heterocycles. The van der Waals surface area contributed by atoms with Crippen LogP contribution in [0.15, 0.2) is 12.2 Å². The highest BCUT2D eigenvalue weighted by Crippen LogP contribution is 2.03. The second-order valence-corrected chi connectivity index (χ2v) is 2.38. The van der Waals surface area contributed by atoms with Gasteiger partial charge in [-0.05, 0) is 0 Å². The van der Waals surface area contributed by atoms with Crippen LogP contribution in [0.2, 0.25) is 0 Å². The summed E-state index contributed by atoms with van der Waals surface area (Å²) in [5.74, 6) is -1.26. The lowest BCUT2D eigenvalue weighted by molar-refractivity contribution is -0.132. The van der Waals surface area contributed by atoms with E-state index in [1.54, 1.807) is 0 Å². The summed E-state index contributed by atoms with van der Waals surface area (Å²) in [6, 6.07) is 1.37. The van der Waals surface area contributed by atoms with Gasteiger partial charge in [-0.2, -0.15) is 5.26 Å². The van der Waals surface area contributed by atoms with Gasteiger partial charge in [-0.1, -0.05) is 6.58 Å². The molecule has 2 N–H and O–H groups in total. The molecular weight excluding hydrogens is 206 g/mol. The van der Waals surface area contributed by atoms with Crippen molar-refractivity contribution in [2.45, 2.75) is 6.10 Å². The summed E-state index contributed by atoms with van der Waals surface area (Å²) in [4.78, 5) is 19.7. The number of hydrogen-bond donors (Lipinski definition) is 2. The molecule has 1 fully saturated rings. The fourth-order valence-electron chi connectivity index (χ4n) is 0.503. The van der Waals surface area contributed by atoms with Gasteiger partial charge in [-0.15, -0.1) is 0 Å². The largest absolute Gasteiger partial charge is 0.508 e. The van der Waals surface area contributed by atoms with Crippen LogP contribution >= 0.6 is 0 Å². The first-order valence-corrected chi connectivity index (χ1v) is 3.77. The predicted octanol–water partition coefficient (Wildman–Crippen LogP) is -0.335. The molecule has 0 aromatic rings. The van der Waals surface area contributed by atoms with Gasteiger partial charge in [0.1, 0.15) is 18.2 Å². The Bertz CT molecular complexity index is 305. The lowest BCUT2D eigenvalue weighted by atomic mass is 10.4. The van der Waals surface area contributed by atoms with Gasteiger partial charge in [-0.25, -0.2) is 9.59 Å². The molecule has 0 radical (unpaired) electrons. The molecule has 0 amide bonds. The number of ether oxygens (including phenoxy) is 2. The zero-order valence-electron chi connectivity index (χ0n) is 7.67. The second kappa shape index (κ2) is 6.39. The van der Waals surface area contributed by atoms with Crippen molar-refractivity contribution in [1.82, 2.24) is 0 Å². The van der Waals surface area contributed by atoms with Gasteiger partial charge in [0.15, 0.2) is 6.10 Å². The van der Waals surface area contributed by atoms with E-state index in [1.165, 1.54) is 6.07 Å². The highest BCUT2D eigenvalue weighted by atomic mass is 16.8. The van der Waals surface area contributed by atoms with Gasteiger partial charge < -0.3 is 19.7 Å². The summed E-state index contributed by atoms with van der Waals surface area (Å²) in [6.45, 7) is 2.93. The van der Waals surface area contributed by atoms with Crippen molar-refractivity contribution < 1.29 is 29.3 Å². The average Bonchev–Trinajstić information content (AvgIpc) is 2.63. The summed E-state index contributed by atoms with van der Waals surface area (Å²) in [5, 5.41) is 24.0. The molecule has 7 nitrogen and oxygen atoms in total. The Labute approximate surface area is 85.1 Å². The van der Waals surface area contributed by atoms with Crippen molar-refractivity contribution in [1.29, 1.82) is 5.26 Å². The first-order valence-electron chi connectivity index (χ1n) is 3.77. The number of nitriles is 1. The van der Waals surface area contributed by atoms with E-state index in [0.717, 1.165) is 0 Å². The van der Waals surface area contributed by atoms with Gasteiger partial charge in [0.25, 0.3) is 0 Å². The Hall–Kier alpha value is -2.07. The van der Waals surface area contributed by atoms with Crippen molar-refractivity contribution in [3.05, 3.63) is 12.2 Å². The third kappa shape index (κ3) is 5.28. The molecule has 7 heteroatoms. The molecule has 1 unspecified atom stereocenters. The fraction of sp³-hybridized carbons (Fsp3) is 0.375. The van der Waals surface area contributed by atoms with Crippen molar-refractivity contribution in [3.63, 3.8) is 0 Å². The van der Waals surface area contributed by atoms with Crippen LogP contribution in [0, 0.1) is 11.3 Å². The SMILES string of the molecule is C=C(C#N)C(=O)O.O=C1OCC(CO)O1. The van der Waals surface area contributed by atoms with Crippen LogP contribution in [0.25, 0.3) is 0 Å². The number of aliphatic hydroxyl groups is 1. The normalized spacial score (nSPS) is 17.6. The predicted molar refractivity (Wildman–Crippen MR) is 45.7 cm³/mol. The third-order valence-corrected chi connectivity index (χ3v) is 1.25. The third-order valence-electron chi connectivity index (χ3n) is 1.25. The lowest BCUT2D eigenvalue weighted by Gasteiger charge is -1.96. The molecule has 1 rings (SSSR count). The number of carbonyl (C=O) groups is 2. The number of aliphatic carboxylic acids is 1. The van der Waals surface area contributed by atoms with Crippen molar-refractivity contribution >= 4 is 12.1 Å². The second-order valence-electron chi connectivity index (χ2n) is 2.38. The van der Waals surface area contributed by atoms with E-state index in [9.17, 15) is 9.59 Å². The van der Waals surface area contributed by atoms with E-state index in [1.807, 2.05) is 0 Å². The van der Waals surface area contributed by atoms with E-state index in [0.29, 0.717) is 0 Å². The van der Waals surface area contributed by atoms with Crippen LogP contribution in [-0.4, -0.2) is 41.7 Å². The summed E-state index contributed by atoms with van der Waals surface area (Å²) in [7, 11) is 0. The highest BCUT2D eigenvalue weighted by Gasteiger charge is 2.23. The number of carbonyl (C=O) groups excluding carboxylic acids is 1. The van der Waals surface area contributed by atoms with Crippen molar-refractivity contribution in [3.8, 4) is 6.07 Å². The molecule has 0 aromatic heterocycles.